The van der Waals surface area contributed by atoms with Gasteiger partial charge < -0.3 is 10.1 Å². The third-order valence-electron chi connectivity index (χ3n) is 3.85. The van der Waals surface area contributed by atoms with Gasteiger partial charge in [-0.15, -0.1) is 0 Å². The summed E-state index contributed by atoms with van der Waals surface area (Å²) in [6.45, 7) is 7.22. The van der Waals surface area contributed by atoms with Crippen LogP contribution < -0.4 is 10.1 Å². The Balaban J connectivity index is 1.77. The van der Waals surface area contributed by atoms with E-state index in [9.17, 15) is 0 Å². The van der Waals surface area contributed by atoms with Gasteiger partial charge in [-0.3, -0.25) is 0 Å². The van der Waals surface area contributed by atoms with Gasteiger partial charge in [0.1, 0.15) is 11.5 Å². The van der Waals surface area contributed by atoms with E-state index in [4.69, 9.17) is 4.74 Å². The van der Waals surface area contributed by atoms with Crippen molar-refractivity contribution in [3.63, 3.8) is 0 Å². The van der Waals surface area contributed by atoms with Gasteiger partial charge in [0.25, 0.3) is 0 Å². The molecular weight excluding hydrogens is 258 g/mol. The van der Waals surface area contributed by atoms with Crippen molar-refractivity contribution in [3.05, 3.63) is 58.7 Å². The van der Waals surface area contributed by atoms with Gasteiger partial charge >= 0.3 is 0 Å². The van der Waals surface area contributed by atoms with Crippen molar-refractivity contribution in [1.82, 2.24) is 5.32 Å². The van der Waals surface area contributed by atoms with E-state index >= 15 is 0 Å². The van der Waals surface area contributed by atoms with Crippen molar-refractivity contribution < 1.29 is 4.74 Å². The summed E-state index contributed by atoms with van der Waals surface area (Å²) in [7, 11) is 0. The van der Waals surface area contributed by atoms with Crippen LogP contribution >= 0.6 is 0 Å². The highest BCUT2D eigenvalue weighted by Crippen LogP contribution is 2.28. The highest BCUT2D eigenvalue weighted by molar-refractivity contribution is 5.42. The van der Waals surface area contributed by atoms with Crippen molar-refractivity contribution in [3.8, 4) is 11.5 Å². The maximum Gasteiger partial charge on any atom is 0.130 e. The van der Waals surface area contributed by atoms with Crippen LogP contribution in [0.1, 0.15) is 35.1 Å². The Morgan fingerprint density at radius 3 is 2.38 bits per heavy atom. The summed E-state index contributed by atoms with van der Waals surface area (Å²) in [5.74, 6) is 1.87. The maximum atomic E-state index is 6.11. The molecule has 2 aromatic rings. The molecule has 0 bridgehead atoms. The van der Waals surface area contributed by atoms with Gasteiger partial charge in [0, 0.05) is 12.6 Å². The van der Waals surface area contributed by atoms with E-state index < -0.39 is 0 Å². The second-order valence-corrected chi connectivity index (χ2v) is 6.18. The molecule has 2 aromatic carbocycles. The first kappa shape index (κ1) is 14.2. The molecule has 1 N–H and O–H groups in total. The highest BCUT2D eigenvalue weighted by Gasteiger charge is 2.20. The molecule has 0 radical (unpaired) electrons. The number of hydrogen-bond acceptors (Lipinski definition) is 2. The summed E-state index contributed by atoms with van der Waals surface area (Å²) in [5, 5.41) is 3.55. The van der Waals surface area contributed by atoms with Gasteiger partial charge in [-0.2, -0.15) is 0 Å². The van der Waals surface area contributed by atoms with Crippen molar-refractivity contribution in [2.45, 2.75) is 46.2 Å². The Hall–Kier alpha value is -1.80. The van der Waals surface area contributed by atoms with Gasteiger partial charge in [0.15, 0.2) is 0 Å². The average molecular weight is 281 g/mol. The largest absolute Gasteiger partial charge is 0.457 e. The Kier molecular flexibility index (Phi) is 3.98. The normalized spacial score (nSPS) is 14.2. The summed E-state index contributed by atoms with van der Waals surface area (Å²) < 4.78 is 6.11. The third-order valence-corrected chi connectivity index (χ3v) is 3.85. The van der Waals surface area contributed by atoms with E-state index in [1.54, 1.807) is 0 Å². The molecule has 0 atom stereocenters. The third kappa shape index (κ3) is 3.85. The number of ether oxygens (including phenoxy) is 1. The average Bonchev–Trinajstić information content (AvgIpc) is 3.22. The molecule has 2 heteroatoms. The molecule has 2 nitrogen and oxygen atoms in total. The Morgan fingerprint density at radius 1 is 1.00 bits per heavy atom. The Labute approximate surface area is 127 Å². The minimum Gasteiger partial charge on any atom is -0.457 e. The minimum absolute atomic E-state index is 0.732. The number of aryl methyl sites for hydroxylation is 3. The van der Waals surface area contributed by atoms with E-state index in [1.807, 2.05) is 0 Å². The predicted molar refractivity (Wildman–Crippen MR) is 87.0 cm³/mol. The molecule has 0 unspecified atom stereocenters. The molecule has 0 amide bonds. The molecule has 0 saturated heterocycles. The molecular formula is C19H23NO. The van der Waals surface area contributed by atoms with Crippen molar-refractivity contribution in [2.75, 3.05) is 0 Å². The summed E-state index contributed by atoms with van der Waals surface area (Å²) in [4.78, 5) is 0. The van der Waals surface area contributed by atoms with E-state index in [-0.39, 0.29) is 0 Å². The standard InChI is InChI=1S/C19H23NO/c1-13-8-14(2)10-18(9-13)21-19-11-16(5-4-15(19)3)12-20-17-6-7-17/h4-5,8-11,17,20H,6-7,12H2,1-3H3. The molecule has 21 heavy (non-hydrogen) atoms. The molecule has 0 heterocycles. The number of hydrogen-bond donors (Lipinski definition) is 1. The van der Waals surface area contributed by atoms with Crippen LogP contribution in [0.25, 0.3) is 0 Å². The number of rotatable bonds is 5. The van der Waals surface area contributed by atoms with Crippen LogP contribution in [-0.2, 0) is 6.54 Å². The summed E-state index contributed by atoms with van der Waals surface area (Å²) in [6.07, 6.45) is 2.63. The first-order chi connectivity index (χ1) is 10.1. The molecule has 1 saturated carbocycles. The lowest BCUT2D eigenvalue weighted by Gasteiger charge is -2.12. The molecule has 110 valence electrons. The van der Waals surface area contributed by atoms with E-state index in [0.29, 0.717) is 0 Å². The molecule has 1 aliphatic rings. The SMILES string of the molecule is Cc1cc(C)cc(Oc2cc(CNC3CC3)ccc2C)c1. The smallest absolute Gasteiger partial charge is 0.130 e. The zero-order valence-corrected chi connectivity index (χ0v) is 13.1. The Bertz CT molecular complexity index is 624. The van der Waals surface area contributed by atoms with Gasteiger partial charge in [0.05, 0.1) is 0 Å². The second kappa shape index (κ2) is 5.90. The summed E-state index contributed by atoms with van der Waals surface area (Å²) >= 11 is 0. The van der Waals surface area contributed by atoms with Crippen molar-refractivity contribution >= 4 is 0 Å². The highest BCUT2D eigenvalue weighted by atomic mass is 16.5. The van der Waals surface area contributed by atoms with Crippen LogP contribution in [0.15, 0.2) is 36.4 Å². The van der Waals surface area contributed by atoms with Gasteiger partial charge in [0.2, 0.25) is 0 Å². The summed E-state index contributed by atoms with van der Waals surface area (Å²) in [5.41, 5.74) is 4.92. The Morgan fingerprint density at radius 2 is 1.71 bits per heavy atom. The van der Waals surface area contributed by atoms with Crippen LogP contribution in [-0.4, -0.2) is 6.04 Å². The lowest BCUT2D eigenvalue weighted by molar-refractivity contribution is 0.477. The summed E-state index contributed by atoms with van der Waals surface area (Å²) in [6, 6.07) is 13.5. The fourth-order valence-corrected chi connectivity index (χ4v) is 2.53. The van der Waals surface area contributed by atoms with Gasteiger partial charge in [-0.1, -0.05) is 18.2 Å². The molecule has 1 aliphatic carbocycles. The first-order valence-corrected chi connectivity index (χ1v) is 7.69. The number of nitrogens with one attached hydrogen (secondary N) is 1. The van der Waals surface area contributed by atoms with Crippen molar-refractivity contribution in [1.29, 1.82) is 0 Å². The lowest BCUT2D eigenvalue weighted by atomic mass is 10.1. The van der Waals surface area contributed by atoms with Crippen LogP contribution in [0.2, 0.25) is 0 Å². The fraction of sp³-hybridized carbons (Fsp3) is 0.368. The van der Waals surface area contributed by atoms with Crippen molar-refractivity contribution in [2.24, 2.45) is 0 Å². The zero-order valence-electron chi connectivity index (χ0n) is 13.1. The van der Waals surface area contributed by atoms with E-state index in [1.165, 1.54) is 35.1 Å². The lowest BCUT2D eigenvalue weighted by Crippen LogP contribution is -2.15. The topological polar surface area (TPSA) is 21.3 Å². The first-order valence-electron chi connectivity index (χ1n) is 7.69. The second-order valence-electron chi connectivity index (χ2n) is 6.18. The van der Waals surface area contributed by atoms with Gasteiger partial charge in [-0.25, -0.2) is 0 Å². The quantitative estimate of drug-likeness (QED) is 0.861. The van der Waals surface area contributed by atoms with Gasteiger partial charge in [-0.05, 0) is 74.1 Å². The van der Waals surface area contributed by atoms with Crippen LogP contribution in [0, 0.1) is 20.8 Å². The maximum absolute atomic E-state index is 6.11. The van der Waals surface area contributed by atoms with Crippen LogP contribution in [0.3, 0.4) is 0 Å². The van der Waals surface area contributed by atoms with Crippen LogP contribution in [0.5, 0.6) is 11.5 Å². The molecule has 3 rings (SSSR count). The predicted octanol–water partition coefficient (Wildman–Crippen LogP) is 4.66. The molecule has 0 aromatic heterocycles. The van der Waals surface area contributed by atoms with E-state index in [0.717, 1.165) is 24.1 Å². The number of benzene rings is 2. The monoisotopic (exact) mass is 281 g/mol. The fourth-order valence-electron chi connectivity index (χ4n) is 2.53. The molecule has 1 fully saturated rings. The molecule has 0 spiro atoms. The van der Waals surface area contributed by atoms with Crippen LogP contribution in [0.4, 0.5) is 0 Å². The molecule has 0 aliphatic heterocycles. The zero-order chi connectivity index (χ0) is 14.8. The van der Waals surface area contributed by atoms with E-state index in [2.05, 4.69) is 62.5 Å². The minimum atomic E-state index is 0.732.